The second kappa shape index (κ2) is 7.24. The van der Waals surface area contributed by atoms with Crippen LogP contribution in [0.3, 0.4) is 0 Å². The molecule has 2 nitrogen and oxygen atoms in total. The summed E-state index contributed by atoms with van der Waals surface area (Å²) >= 11 is 0. The highest BCUT2D eigenvalue weighted by Crippen LogP contribution is 2.19. The van der Waals surface area contributed by atoms with Gasteiger partial charge in [0.15, 0.2) is 0 Å². The topological polar surface area (TPSA) is 29.3 Å². The van der Waals surface area contributed by atoms with Crippen LogP contribution in [0.2, 0.25) is 0 Å². The van der Waals surface area contributed by atoms with Crippen molar-refractivity contribution in [1.29, 1.82) is 0 Å². The molecule has 0 aromatic rings. The van der Waals surface area contributed by atoms with Crippen LogP contribution in [-0.2, 0) is 0 Å². The molecule has 90 valence electrons. The van der Waals surface area contributed by atoms with Crippen molar-refractivity contribution in [3.05, 3.63) is 0 Å². The van der Waals surface area contributed by atoms with Gasteiger partial charge in [0, 0.05) is 12.6 Å². The highest BCUT2D eigenvalue weighted by molar-refractivity contribution is 4.79. The van der Waals surface area contributed by atoms with E-state index in [0.29, 0.717) is 6.04 Å². The van der Waals surface area contributed by atoms with Crippen LogP contribution in [-0.4, -0.2) is 30.6 Å². The fourth-order valence-corrected chi connectivity index (χ4v) is 2.82. The maximum absolute atomic E-state index is 5.94. The normalized spacial score (nSPS) is 23.4. The first-order valence-electron chi connectivity index (χ1n) is 6.73. The van der Waals surface area contributed by atoms with Gasteiger partial charge in [-0.3, -0.25) is 4.90 Å². The van der Waals surface area contributed by atoms with Crippen molar-refractivity contribution >= 4 is 0 Å². The van der Waals surface area contributed by atoms with E-state index in [2.05, 4.69) is 18.7 Å². The Morgan fingerprint density at radius 3 is 2.20 bits per heavy atom. The van der Waals surface area contributed by atoms with Gasteiger partial charge in [-0.15, -0.1) is 0 Å². The summed E-state index contributed by atoms with van der Waals surface area (Å²) in [6.45, 7) is 8.02. The summed E-state index contributed by atoms with van der Waals surface area (Å²) in [5.41, 5.74) is 5.94. The second-order valence-electron chi connectivity index (χ2n) is 5.02. The molecule has 0 bridgehead atoms. The summed E-state index contributed by atoms with van der Waals surface area (Å²) in [5, 5.41) is 0. The van der Waals surface area contributed by atoms with Crippen LogP contribution in [0.4, 0.5) is 0 Å². The molecule has 1 aliphatic rings. The van der Waals surface area contributed by atoms with Gasteiger partial charge in [-0.25, -0.2) is 0 Å². The first kappa shape index (κ1) is 13.0. The minimum Gasteiger partial charge on any atom is -0.329 e. The lowest BCUT2D eigenvalue weighted by Crippen LogP contribution is -2.45. The molecule has 0 aromatic carbocycles. The molecule has 1 aliphatic heterocycles. The quantitative estimate of drug-likeness (QED) is 0.759. The number of hydrogen-bond donors (Lipinski definition) is 1. The van der Waals surface area contributed by atoms with Crippen LogP contribution in [0.5, 0.6) is 0 Å². The number of likely N-dealkylation sites (tertiary alicyclic amines) is 1. The summed E-state index contributed by atoms with van der Waals surface area (Å²) < 4.78 is 0. The first-order valence-corrected chi connectivity index (χ1v) is 6.73. The molecule has 1 rings (SSSR count). The Morgan fingerprint density at radius 2 is 1.73 bits per heavy atom. The fraction of sp³-hybridized carbons (Fsp3) is 1.00. The standard InChI is InChI=1S/C13H28N2/c1-3-8-12(2)13(11-14)15-9-6-4-5-7-10-15/h12-13H,3-11,14H2,1-2H3. The molecule has 1 fully saturated rings. The summed E-state index contributed by atoms with van der Waals surface area (Å²) in [6, 6.07) is 0.628. The van der Waals surface area contributed by atoms with Gasteiger partial charge in [0.1, 0.15) is 0 Å². The summed E-state index contributed by atoms with van der Waals surface area (Å²) in [5.74, 6) is 0.762. The molecule has 0 aromatic heterocycles. The highest BCUT2D eigenvalue weighted by Gasteiger charge is 2.22. The third kappa shape index (κ3) is 4.12. The molecule has 0 saturated carbocycles. The van der Waals surface area contributed by atoms with Gasteiger partial charge in [0.05, 0.1) is 0 Å². The zero-order chi connectivity index (χ0) is 11.1. The van der Waals surface area contributed by atoms with Crippen molar-refractivity contribution in [3.63, 3.8) is 0 Å². The van der Waals surface area contributed by atoms with E-state index in [1.807, 2.05) is 0 Å². The van der Waals surface area contributed by atoms with Crippen LogP contribution in [0.15, 0.2) is 0 Å². The third-order valence-electron chi connectivity index (χ3n) is 3.75. The first-order chi connectivity index (χ1) is 7.29. The average molecular weight is 212 g/mol. The van der Waals surface area contributed by atoms with Crippen molar-refractivity contribution in [3.8, 4) is 0 Å². The minimum atomic E-state index is 0.628. The maximum atomic E-state index is 5.94. The Bertz CT molecular complexity index is 151. The lowest BCUT2D eigenvalue weighted by atomic mass is 9.95. The zero-order valence-corrected chi connectivity index (χ0v) is 10.5. The van der Waals surface area contributed by atoms with Gasteiger partial charge >= 0.3 is 0 Å². The van der Waals surface area contributed by atoms with Gasteiger partial charge in [0.25, 0.3) is 0 Å². The van der Waals surface area contributed by atoms with E-state index in [9.17, 15) is 0 Å². The van der Waals surface area contributed by atoms with Gasteiger partial charge < -0.3 is 5.73 Å². The lowest BCUT2D eigenvalue weighted by molar-refractivity contribution is 0.152. The van der Waals surface area contributed by atoms with E-state index in [-0.39, 0.29) is 0 Å². The van der Waals surface area contributed by atoms with Crippen LogP contribution < -0.4 is 5.73 Å². The molecular formula is C13H28N2. The molecule has 2 atom stereocenters. The smallest absolute Gasteiger partial charge is 0.0243 e. The van der Waals surface area contributed by atoms with Crippen LogP contribution in [0.25, 0.3) is 0 Å². The van der Waals surface area contributed by atoms with Crippen molar-refractivity contribution in [2.75, 3.05) is 19.6 Å². The predicted octanol–water partition coefficient (Wildman–Crippen LogP) is 2.63. The molecule has 0 aliphatic carbocycles. The SMILES string of the molecule is CCCC(C)C(CN)N1CCCCCC1. The molecule has 0 spiro atoms. The summed E-state index contributed by atoms with van der Waals surface area (Å²) in [7, 11) is 0. The van der Waals surface area contributed by atoms with Gasteiger partial charge in [-0.2, -0.15) is 0 Å². The molecule has 1 heterocycles. The van der Waals surface area contributed by atoms with Crippen molar-refractivity contribution in [2.24, 2.45) is 11.7 Å². The van der Waals surface area contributed by atoms with Crippen molar-refractivity contribution in [1.82, 2.24) is 4.90 Å². The Morgan fingerprint density at radius 1 is 1.13 bits per heavy atom. The van der Waals surface area contributed by atoms with E-state index in [4.69, 9.17) is 5.73 Å². The predicted molar refractivity (Wildman–Crippen MR) is 67.0 cm³/mol. The minimum absolute atomic E-state index is 0.628. The van der Waals surface area contributed by atoms with E-state index < -0.39 is 0 Å². The molecule has 0 radical (unpaired) electrons. The van der Waals surface area contributed by atoms with Gasteiger partial charge in [0.2, 0.25) is 0 Å². The van der Waals surface area contributed by atoms with Crippen LogP contribution in [0, 0.1) is 5.92 Å². The van der Waals surface area contributed by atoms with E-state index in [1.54, 1.807) is 0 Å². The zero-order valence-electron chi connectivity index (χ0n) is 10.5. The number of nitrogens with zero attached hydrogens (tertiary/aromatic N) is 1. The average Bonchev–Trinajstić information content (AvgIpc) is 2.48. The summed E-state index contributed by atoms with van der Waals surface area (Å²) in [4.78, 5) is 2.65. The van der Waals surface area contributed by atoms with E-state index >= 15 is 0 Å². The maximum Gasteiger partial charge on any atom is 0.0243 e. The number of rotatable bonds is 5. The molecule has 15 heavy (non-hydrogen) atoms. The fourth-order valence-electron chi connectivity index (χ4n) is 2.82. The monoisotopic (exact) mass is 212 g/mol. The Balaban J connectivity index is 2.47. The van der Waals surface area contributed by atoms with Crippen molar-refractivity contribution in [2.45, 2.75) is 58.4 Å². The van der Waals surface area contributed by atoms with Gasteiger partial charge in [-0.05, 0) is 38.3 Å². The molecule has 0 amide bonds. The molecular weight excluding hydrogens is 184 g/mol. The Labute approximate surface area is 95.2 Å². The largest absolute Gasteiger partial charge is 0.329 e. The Kier molecular flexibility index (Phi) is 6.26. The van der Waals surface area contributed by atoms with Crippen LogP contribution >= 0.6 is 0 Å². The van der Waals surface area contributed by atoms with Crippen LogP contribution in [0.1, 0.15) is 52.4 Å². The van der Waals surface area contributed by atoms with E-state index in [1.165, 1.54) is 51.6 Å². The van der Waals surface area contributed by atoms with Crippen molar-refractivity contribution < 1.29 is 0 Å². The summed E-state index contributed by atoms with van der Waals surface area (Å²) in [6.07, 6.45) is 8.17. The second-order valence-corrected chi connectivity index (χ2v) is 5.02. The number of nitrogens with two attached hydrogens (primary N) is 1. The Hall–Kier alpha value is -0.0800. The molecule has 2 N–H and O–H groups in total. The highest BCUT2D eigenvalue weighted by atomic mass is 15.2. The molecule has 1 saturated heterocycles. The third-order valence-corrected chi connectivity index (χ3v) is 3.75. The van der Waals surface area contributed by atoms with E-state index in [0.717, 1.165) is 12.5 Å². The molecule has 2 heteroatoms. The number of hydrogen-bond acceptors (Lipinski definition) is 2. The lowest BCUT2D eigenvalue weighted by Gasteiger charge is -2.34. The molecule has 2 unspecified atom stereocenters. The van der Waals surface area contributed by atoms with Gasteiger partial charge in [-0.1, -0.05) is 33.1 Å².